The third-order valence-electron chi connectivity index (χ3n) is 4.61. The van der Waals surface area contributed by atoms with Crippen LogP contribution < -0.4 is 15.8 Å². The molecule has 1 unspecified atom stereocenters. The van der Waals surface area contributed by atoms with Crippen LogP contribution in [-0.2, 0) is 13.6 Å². The van der Waals surface area contributed by atoms with E-state index in [1.54, 1.807) is 7.05 Å². The predicted octanol–water partition coefficient (Wildman–Crippen LogP) is 3.31. The fraction of sp³-hybridized carbons (Fsp3) is 0.238. The second-order valence-corrected chi connectivity index (χ2v) is 6.64. The molecule has 0 aliphatic heterocycles. The minimum Gasteiger partial charge on any atom is -0.482 e. The Morgan fingerprint density at radius 1 is 1.52 bits per heavy atom. The van der Waals surface area contributed by atoms with Crippen LogP contribution >= 0.6 is 0 Å². The first kappa shape index (κ1) is 17.9. The molecule has 0 saturated carbocycles. The monoisotopic (exact) mass is 427 g/mol. The summed E-state index contributed by atoms with van der Waals surface area (Å²) in [6.45, 7) is 6.49. The number of aromatic nitrogens is 3. The first-order valence-corrected chi connectivity index (χ1v) is 9.05. The van der Waals surface area contributed by atoms with Gasteiger partial charge in [-0.15, -0.1) is 5.10 Å². The van der Waals surface area contributed by atoms with Gasteiger partial charge < -0.3 is 25.7 Å². The number of ether oxygens (including phenoxy) is 1. The number of benzene rings is 1. The van der Waals surface area contributed by atoms with Gasteiger partial charge in [-0.2, -0.15) is 0 Å². The highest BCUT2D eigenvalue weighted by atomic mass is 19.1. The molecule has 0 fully saturated rings. The molecule has 0 aliphatic carbocycles. The van der Waals surface area contributed by atoms with Gasteiger partial charge in [-0.25, -0.2) is 18.9 Å². The first-order chi connectivity index (χ1) is 15.9. The molecule has 2 heterocycles. The van der Waals surface area contributed by atoms with E-state index >= 15 is 0 Å². The predicted molar refractivity (Wildman–Crippen MR) is 112 cm³/mol. The molecule has 1 aromatic carbocycles. The first-order valence-electron chi connectivity index (χ1n) is 10.5. The van der Waals surface area contributed by atoms with Crippen molar-refractivity contribution in [3.63, 3.8) is 0 Å². The molecule has 3 aromatic rings. The molecule has 9 nitrogen and oxygen atoms in total. The van der Waals surface area contributed by atoms with Gasteiger partial charge in [-0.1, -0.05) is 6.57 Å². The fourth-order valence-corrected chi connectivity index (χ4v) is 3.21. The maximum atomic E-state index is 13.8. The van der Waals surface area contributed by atoms with Crippen LogP contribution in [0.4, 0.5) is 16.0 Å². The van der Waals surface area contributed by atoms with E-state index in [4.69, 9.17) is 21.2 Å². The highest BCUT2D eigenvalue weighted by molar-refractivity contribution is 5.89. The number of halogens is 1. The Morgan fingerprint density at radius 3 is 2.97 bits per heavy atom. The molecular formula is C21H21FN6O3. The number of nitrogen functional groups attached to an aromatic ring is 1. The number of nitrogens with zero attached hydrogens (tertiary/aromatic N) is 4. The number of pyridine rings is 1. The summed E-state index contributed by atoms with van der Waals surface area (Å²) < 4.78 is 43.0. The van der Waals surface area contributed by atoms with Crippen molar-refractivity contribution in [2.45, 2.75) is 19.6 Å². The summed E-state index contributed by atoms with van der Waals surface area (Å²) in [7, 11) is 1.55. The number of hydrogen-bond donors (Lipinski definition) is 3. The molecule has 4 N–H and O–H groups in total. The molecule has 0 radical (unpaired) electrons. The quantitative estimate of drug-likeness (QED) is 0.495. The van der Waals surface area contributed by atoms with Gasteiger partial charge in [0.2, 0.25) is 0 Å². The number of anilines is 1. The standard InChI is InChI=1S/C21H21FN6O3/c1-11(15-8-13(22)5-6-14(15)21(29)30)31-17-7-12(9-26-19(17)23)18-16(10-24-2)27-28(4)20(18)25-3/h5-9,11,24H,10H2,1-2,4H3,(H2,23,26)(H,29,30)/i2D3. The molecule has 3 rings (SSSR count). The lowest BCUT2D eigenvalue weighted by Crippen LogP contribution is -2.12. The highest BCUT2D eigenvalue weighted by Crippen LogP contribution is 2.37. The van der Waals surface area contributed by atoms with Crippen LogP contribution in [0.2, 0.25) is 0 Å². The zero-order chi connectivity index (χ0) is 25.2. The zero-order valence-electron chi connectivity index (χ0n) is 19.7. The van der Waals surface area contributed by atoms with E-state index in [1.807, 2.05) is 0 Å². The molecule has 10 heteroatoms. The molecule has 0 saturated heterocycles. The van der Waals surface area contributed by atoms with Gasteiger partial charge in [-0.05, 0) is 43.7 Å². The van der Waals surface area contributed by atoms with Crippen molar-refractivity contribution in [3.8, 4) is 16.9 Å². The average Bonchev–Trinajstić information content (AvgIpc) is 3.08. The van der Waals surface area contributed by atoms with E-state index in [1.165, 1.54) is 23.9 Å². The Hall–Kier alpha value is -3.97. The number of aryl methyl sites for hydroxylation is 1. The van der Waals surface area contributed by atoms with Crippen molar-refractivity contribution in [3.05, 3.63) is 64.5 Å². The Balaban J connectivity index is 2.02. The Morgan fingerprint density at radius 2 is 2.29 bits per heavy atom. The van der Waals surface area contributed by atoms with E-state index in [0.29, 0.717) is 16.8 Å². The van der Waals surface area contributed by atoms with Gasteiger partial charge in [0.1, 0.15) is 11.9 Å². The summed E-state index contributed by atoms with van der Waals surface area (Å²) in [6.07, 6.45) is 0.481. The van der Waals surface area contributed by atoms with Gasteiger partial charge in [0.25, 0.3) is 5.82 Å². The number of rotatable bonds is 7. The van der Waals surface area contributed by atoms with E-state index in [-0.39, 0.29) is 35.1 Å². The lowest BCUT2D eigenvalue weighted by molar-refractivity contribution is 0.0691. The van der Waals surface area contributed by atoms with Crippen LogP contribution in [0.15, 0.2) is 30.5 Å². The van der Waals surface area contributed by atoms with Crippen LogP contribution in [-0.4, -0.2) is 32.8 Å². The lowest BCUT2D eigenvalue weighted by atomic mass is 10.0. The molecule has 160 valence electrons. The second-order valence-electron chi connectivity index (χ2n) is 6.64. The van der Waals surface area contributed by atoms with E-state index in [2.05, 4.69) is 20.2 Å². The zero-order valence-corrected chi connectivity index (χ0v) is 16.7. The SMILES string of the molecule is [2H]C([2H])([2H])NCc1nn(C)c([N+]#[C-])c1-c1cnc(N)c(OC(C)c2cc(F)ccc2C(=O)O)c1. The maximum Gasteiger partial charge on any atom is 0.336 e. The van der Waals surface area contributed by atoms with Gasteiger partial charge >= 0.3 is 5.97 Å². The third kappa shape index (κ3) is 4.31. The number of hydrogen-bond acceptors (Lipinski definition) is 6. The topological polar surface area (TPSA) is 120 Å². The van der Waals surface area contributed by atoms with Crippen molar-refractivity contribution in [1.82, 2.24) is 20.1 Å². The van der Waals surface area contributed by atoms with Crippen LogP contribution in [0.5, 0.6) is 5.75 Å². The molecule has 0 amide bonds. The van der Waals surface area contributed by atoms with E-state index < -0.39 is 24.9 Å². The van der Waals surface area contributed by atoms with Crippen molar-refractivity contribution in [2.24, 2.45) is 7.05 Å². The lowest BCUT2D eigenvalue weighted by Gasteiger charge is -2.18. The minimum atomic E-state index is -2.41. The van der Waals surface area contributed by atoms with Crippen LogP contribution in [0.1, 0.15) is 38.8 Å². The Labute approximate surface area is 182 Å². The third-order valence-corrected chi connectivity index (χ3v) is 4.61. The van der Waals surface area contributed by atoms with Crippen molar-refractivity contribution in [2.75, 3.05) is 12.7 Å². The molecule has 31 heavy (non-hydrogen) atoms. The van der Waals surface area contributed by atoms with E-state index in [9.17, 15) is 14.3 Å². The maximum absolute atomic E-state index is 13.8. The summed E-state index contributed by atoms with van der Waals surface area (Å²) in [5, 5.41) is 16.0. The summed E-state index contributed by atoms with van der Waals surface area (Å²) in [4.78, 5) is 19.1. The summed E-state index contributed by atoms with van der Waals surface area (Å²) in [6, 6.07) is 4.74. The molecule has 0 spiro atoms. The molecule has 2 aromatic heterocycles. The average molecular weight is 427 g/mol. The van der Waals surface area contributed by atoms with Crippen LogP contribution in [0.25, 0.3) is 16.0 Å². The highest BCUT2D eigenvalue weighted by Gasteiger charge is 2.22. The fourth-order valence-electron chi connectivity index (χ4n) is 3.21. The van der Waals surface area contributed by atoms with Crippen molar-refractivity contribution >= 4 is 17.6 Å². The summed E-state index contributed by atoms with van der Waals surface area (Å²) in [5.41, 5.74) is 6.96. The summed E-state index contributed by atoms with van der Waals surface area (Å²) in [5.74, 6) is -1.67. The largest absolute Gasteiger partial charge is 0.482 e. The van der Waals surface area contributed by atoms with Gasteiger partial charge in [0.05, 0.1) is 18.3 Å². The van der Waals surface area contributed by atoms with E-state index in [0.717, 1.165) is 18.2 Å². The number of carbonyl (C=O) groups is 1. The smallest absolute Gasteiger partial charge is 0.336 e. The number of carboxylic acid groups (broad SMARTS) is 1. The van der Waals surface area contributed by atoms with Crippen molar-refractivity contribution < 1.29 is 23.1 Å². The number of nitrogens with one attached hydrogen (secondary N) is 1. The summed E-state index contributed by atoms with van der Waals surface area (Å²) >= 11 is 0. The van der Waals surface area contributed by atoms with Gasteiger partial charge in [0, 0.05) is 28.0 Å². The number of nitrogens with two attached hydrogens (primary N) is 1. The van der Waals surface area contributed by atoms with Gasteiger partial charge in [-0.3, -0.25) is 0 Å². The van der Waals surface area contributed by atoms with Crippen LogP contribution in [0.3, 0.4) is 0 Å². The Bertz CT molecular complexity index is 1290. The Kier molecular flexibility index (Phi) is 5.07. The minimum absolute atomic E-state index is 0.0145. The molecule has 0 bridgehead atoms. The van der Waals surface area contributed by atoms with Gasteiger partial charge in [0.15, 0.2) is 11.6 Å². The molecule has 1 atom stereocenters. The normalized spacial score (nSPS) is 13.5. The van der Waals surface area contributed by atoms with Crippen LogP contribution in [0, 0.1) is 12.4 Å². The number of carboxylic acids is 1. The molecular weight excluding hydrogens is 403 g/mol. The molecule has 0 aliphatic rings. The second kappa shape index (κ2) is 8.81. The number of aromatic carboxylic acids is 1. The van der Waals surface area contributed by atoms with Crippen molar-refractivity contribution in [1.29, 1.82) is 0 Å².